The number of pyridine rings is 1. The number of fused-ring (bicyclic) bond motifs is 1. The monoisotopic (exact) mass is 320 g/mol. The molecular formula is C15H13ClN2O4. The number of methoxy groups -OCH3 is 2. The van der Waals surface area contributed by atoms with Gasteiger partial charge in [0.05, 0.1) is 20.3 Å². The molecule has 1 N–H and O–H groups in total. The van der Waals surface area contributed by atoms with Crippen LogP contribution in [0.4, 0.5) is 5.69 Å². The Balaban J connectivity index is 2.35. The number of aromatic nitrogens is 1. The van der Waals surface area contributed by atoms with Crippen LogP contribution in [0.25, 0.3) is 10.8 Å². The van der Waals surface area contributed by atoms with Crippen LogP contribution in [0.5, 0.6) is 0 Å². The number of nitrogens with one attached hydrogen (secondary N) is 1. The number of hydrogen-bond donors (Lipinski definition) is 1. The minimum absolute atomic E-state index is 0.0335. The number of carbonyl (C=O) groups excluding carboxylic acids is 2. The standard InChI is InChI=1S/C15H13ClN2O4/c1-21-14(19)7-12(15(20)22-2)18-11-4-3-9-8-17-13(16)6-10(9)5-11/h3-8,18H,1-2H3/b12-7+. The molecule has 1 aromatic carbocycles. The average molecular weight is 321 g/mol. The number of hydrogen-bond acceptors (Lipinski definition) is 6. The summed E-state index contributed by atoms with van der Waals surface area (Å²) < 4.78 is 9.14. The van der Waals surface area contributed by atoms with Crippen LogP contribution in [0.15, 0.2) is 42.2 Å². The molecule has 1 heterocycles. The lowest BCUT2D eigenvalue weighted by molar-refractivity contribution is -0.138. The van der Waals surface area contributed by atoms with E-state index in [4.69, 9.17) is 11.6 Å². The van der Waals surface area contributed by atoms with Crippen molar-refractivity contribution in [1.29, 1.82) is 0 Å². The highest BCUT2D eigenvalue weighted by molar-refractivity contribution is 6.30. The SMILES string of the molecule is COC(=O)/C=C(/Nc1ccc2cnc(Cl)cc2c1)C(=O)OC. The maximum absolute atomic E-state index is 11.7. The fourth-order valence-electron chi connectivity index (χ4n) is 1.78. The van der Waals surface area contributed by atoms with E-state index in [0.717, 1.165) is 16.8 Å². The Labute approximate surface area is 131 Å². The largest absolute Gasteiger partial charge is 0.466 e. The molecule has 2 rings (SSSR count). The number of carbonyl (C=O) groups is 2. The van der Waals surface area contributed by atoms with E-state index in [1.807, 2.05) is 6.07 Å². The van der Waals surface area contributed by atoms with Crippen LogP contribution in [-0.4, -0.2) is 31.1 Å². The number of halogens is 1. The smallest absolute Gasteiger partial charge is 0.354 e. The van der Waals surface area contributed by atoms with Crippen LogP contribution in [0.1, 0.15) is 0 Å². The average Bonchev–Trinajstić information content (AvgIpc) is 2.52. The molecule has 114 valence electrons. The van der Waals surface area contributed by atoms with Gasteiger partial charge in [0.15, 0.2) is 0 Å². The first-order valence-corrected chi connectivity index (χ1v) is 6.61. The number of esters is 2. The molecule has 0 unspecified atom stereocenters. The van der Waals surface area contributed by atoms with E-state index >= 15 is 0 Å². The predicted molar refractivity (Wildman–Crippen MR) is 82.5 cm³/mol. The van der Waals surface area contributed by atoms with Gasteiger partial charge in [0.2, 0.25) is 0 Å². The van der Waals surface area contributed by atoms with Gasteiger partial charge in [-0.15, -0.1) is 0 Å². The van der Waals surface area contributed by atoms with Crippen LogP contribution in [0, 0.1) is 0 Å². The second kappa shape index (κ2) is 6.91. The summed E-state index contributed by atoms with van der Waals surface area (Å²) in [6, 6.07) is 7.03. The van der Waals surface area contributed by atoms with Crippen LogP contribution in [0.3, 0.4) is 0 Å². The molecule has 0 aliphatic heterocycles. The summed E-state index contributed by atoms with van der Waals surface area (Å²) in [7, 11) is 2.44. The van der Waals surface area contributed by atoms with Crippen molar-refractivity contribution in [1.82, 2.24) is 4.98 Å². The highest BCUT2D eigenvalue weighted by Gasteiger charge is 2.13. The topological polar surface area (TPSA) is 77.5 Å². The molecule has 6 nitrogen and oxygen atoms in total. The lowest BCUT2D eigenvalue weighted by Gasteiger charge is -2.10. The van der Waals surface area contributed by atoms with E-state index in [-0.39, 0.29) is 5.70 Å². The van der Waals surface area contributed by atoms with E-state index < -0.39 is 11.9 Å². The zero-order valence-electron chi connectivity index (χ0n) is 11.9. The first kappa shape index (κ1) is 15.8. The van der Waals surface area contributed by atoms with Gasteiger partial charge >= 0.3 is 11.9 Å². The van der Waals surface area contributed by atoms with Gasteiger partial charge in [0, 0.05) is 17.3 Å². The molecule has 7 heteroatoms. The molecule has 0 spiro atoms. The normalized spacial score (nSPS) is 11.1. The number of anilines is 1. The van der Waals surface area contributed by atoms with Crippen molar-refractivity contribution < 1.29 is 19.1 Å². The van der Waals surface area contributed by atoms with Crippen LogP contribution < -0.4 is 5.32 Å². The molecule has 0 bridgehead atoms. The third-order valence-corrected chi connectivity index (χ3v) is 3.04. The number of nitrogens with zero attached hydrogens (tertiary/aromatic N) is 1. The summed E-state index contributed by atoms with van der Waals surface area (Å²) in [5.41, 5.74) is 0.559. The molecule has 0 aliphatic carbocycles. The molecule has 1 aromatic heterocycles. The maximum Gasteiger partial charge on any atom is 0.354 e. The van der Waals surface area contributed by atoms with Gasteiger partial charge in [-0.05, 0) is 23.6 Å². The van der Waals surface area contributed by atoms with Crippen molar-refractivity contribution in [3.05, 3.63) is 47.4 Å². The van der Waals surface area contributed by atoms with Gasteiger partial charge < -0.3 is 14.8 Å². The van der Waals surface area contributed by atoms with E-state index in [2.05, 4.69) is 19.8 Å². The molecule has 2 aromatic rings. The van der Waals surface area contributed by atoms with Crippen LogP contribution in [-0.2, 0) is 19.1 Å². The highest BCUT2D eigenvalue weighted by Crippen LogP contribution is 2.22. The second-order valence-electron chi connectivity index (χ2n) is 4.27. The highest BCUT2D eigenvalue weighted by atomic mass is 35.5. The first-order chi connectivity index (χ1) is 10.5. The molecule has 0 radical (unpaired) electrons. The zero-order chi connectivity index (χ0) is 16.1. The summed E-state index contributed by atoms with van der Waals surface area (Å²) in [6.45, 7) is 0. The van der Waals surface area contributed by atoms with Crippen molar-refractivity contribution in [2.45, 2.75) is 0 Å². The Morgan fingerprint density at radius 1 is 1.18 bits per heavy atom. The third-order valence-electron chi connectivity index (χ3n) is 2.84. The summed E-state index contributed by atoms with van der Waals surface area (Å²) in [6.07, 6.45) is 2.67. The fraction of sp³-hybridized carbons (Fsp3) is 0.133. The molecular weight excluding hydrogens is 308 g/mol. The van der Waals surface area contributed by atoms with Gasteiger partial charge in [0.1, 0.15) is 10.9 Å². The van der Waals surface area contributed by atoms with Crippen molar-refractivity contribution in [2.24, 2.45) is 0 Å². The Morgan fingerprint density at radius 2 is 1.95 bits per heavy atom. The lowest BCUT2D eigenvalue weighted by atomic mass is 10.1. The van der Waals surface area contributed by atoms with E-state index in [9.17, 15) is 9.59 Å². The Bertz CT molecular complexity index is 758. The van der Waals surface area contributed by atoms with Crippen molar-refractivity contribution in [3.63, 3.8) is 0 Å². The van der Waals surface area contributed by atoms with Crippen LogP contribution >= 0.6 is 11.6 Å². The number of benzene rings is 1. The molecule has 22 heavy (non-hydrogen) atoms. The van der Waals surface area contributed by atoms with Crippen molar-refractivity contribution in [2.75, 3.05) is 19.5 Å². The van der Waals surface area contributed by atoms with E-state index in [1.54, 1.807) is 24.4 Å². The molecule has 0 fully saturated rings. The van der Waals surface area contributed by atoms with E-state index in [0.29, 0.717) is 10.8 Å². The summed E-state index contributed by atoms with van der Waals surface area (Å²) in [4.78, 5) is 27.0. The zero-order valence-corrected chi connectivity index (χ0v) is 12.7. The fourth-order valence-corrected chi connectivity index (χ4v) is 1.95. The van der Waals surface area contributed by atoms with Crippen molar-refractivity contribution >= 4 is 40.0 Å². The minimum Gasteiger partial charge on any atom is -0.466 e. The van der Waals surface area contributed by atoms with Gasteiger partial charge in [-0.3, -0.25) is 0 Å². The molecule has 0 saturated heterocycles. The van der Waals surface area contributed by atoms with Gasteiger partial charge in [-0.25, -0.2) is 14.6 Å². The number of ether oxygens (including phenoxy) is 2. The third kappa shape index (κ3) is 3.73. The second-order valence-corrected chi connectivity index (χ2v) is 4.65. The molecule has 0 atom stereocenters. The summed E-state index contributed by atoms with van der Waals surface area (Å²) in [5.74, 6) is -1.35. The Hall–Kier alpha value is -2.60. The van der Waals surface area contributed by atoms with Gasteiger partial charge in [-0.1, -0.05) is 17.7 Å². The Morgan fingerprint density at radius 3 is 2.64 bits per heavy atom. The van der Waals surface area contributed by atoms with Crippen LogP contribution in [0.2, 0.25) is 5.15 Å². The van der Waals surface area contributed by atoms with Crippen molar-refractivity contribution in [3.8, 4) is 0 Å². The van der Waals surface area contributed by atoms with Gasteiger partial charge in [-0.2, -0.15) is 0 Å². The first-order valence-electron chi connectivity index (χ1n) is 6.24. The molecule has 0 amide bonds. The predicted octanol–water partition coefficient (Wildman–Crippen LogP) is 2.53. The lowest BCUT2D eigenvalue weighted by Crippen LogP contribution is -2.15. The molecule has 0 aliphatic rings. The Kier molecular flexibility index (Phi) is 4.95. The van der Waals surface area contributed by atoms with E-state index in [1.165, 1.54) is 14.2 Å². The quantitative estimate of drug-likeness (QED) is 0.530. The summed E-state index contributed by atoms with van der Waals surface area (Å²) >= 11 is 5.86. The minimum atomic E-state index is -0.682. The molecule has 0 saturated carbocycles. The maximum atomic E-state index is 11.7. The number of rotatable bonds is 4. The van der Waals surface area contributed by atoms with Gasteiger partial charge in [0.25, 0.3) is 0 Å². The summed E-state index contributed by atoms with van der Waals surface area (Å²) in [5, 5.41) is 4.93.